The van der Waals surface area contributed by atoms with Gasteiger partial charge in [0.25, 0.3) is 0 Å². The molecule has 0 aliphatic rings. The Labute approximate surface area is 247 Å². The summed E-state index contributed by atoms with van der Waals surface area (Å²) < 4.78 is 47.3. The molecule has 0 aliphatic heterocycles. The fraction of sp³-hybridized carbons (Fsp3) is 0.194. The molecule has 4 aromatic rings. The first kappa shape index (κ1) is 25.3. The van der Waals surface area contributed by atoms with Crippen LogP contribution in [-0.4, -0.2) is 43.0 Å². The van der Waals surface area contributed by atoms with Crippen molar-refractivity contribution in [1.82, 2.24) is 9.88 Å². The van der Waals surface area contributed by atoms with Gasteiger partial charge in [0.1, 0.15) is 30.0 Å². The van der Waals surface area contributed by atoms with E-state index in [4.69, 9.17) is 25.2 Å². The van der Waals surface area contributed by atoms with Crippen molar-refractivity contribution in [3.63, 3.8) is 0 Å². The molecule has 41 heavy (non-hydrogen) atoms. The third-order valence-electron chi connectivity index (χ3n) is 5.78. The third-order valence-corrected chi connectivity index (χ3v) is 6.08. The Kier molecular flexibility index (Phi) is 8.41. The van der Waals surface area contributed by atoms with Gasteiger partial charge in [-0.3, -0.25) is 9.78 Å². The number of aromatic nitrogens is 1. The maximum absolute atomic E-state index is 13.5. The maximum Gasteiger partial charge on any atom is 0.248 e. The number of carbonyl (C=O) groups is 1. The summed E-state index contributed by atoms with van der Waals surface area (Å²) in [6.45, 7) is 0.00695. The molecular weight excluding hydrogens is 545 g/mol. The van der Waals surface area contributed by atoms with Crippen molar-refractivity contribution in [2.24, 2.45) is 0 Å². The molecule has 0 radical (unpaired) electrons. The van der Waals surface area contributed by atoms with Crippen molar-refractivity contribution in [3.05, 3.63) is 94.9 Å². The predicted octanol–water partition coefficient (Wildman–Crippen LogP) is 6.68. The van der Waals surface area contributed by atoms with Gasteiger partial charge < -0.3 is 25.0 Å². The molecule has 0 spiro atoms. The minimum absolute atomic E-state index is 0.0423. The lowest BCUT2D eigenvalue weighted by Gasteiger charge is -2.16. The van der Waals surface area contributed by atoms with Gasteiger partial charge >= 0.3 is 0 Å². The van der Waals surface area contributed by atoms with Crippen LogP contribution >= 0.6 is 11.6 Å². The summed E-state index contributed by atoms with van der Waals surface area (Å²) >= 11 is 6.49. The van der Waals surface area contributed by atoms with Crippen LogP contribution in [0.15, 0.2) is 72.9 Å². The van der Waals surface area contributed by atoms with Crippen LogP contribution in [-0.2, 0) is 11.4 Å². The van der Waals surface area contributed by atoms with Gasteiger partial charge in [0, 0.05) is 40.1 Å². The second-order valence-corrected chi connectivity index (χ2v) is 9.33. The fourth-order valence-corrected chi connectivity index (χ4v) is 4.17. The monoisotopic (exact) mass is 576 g/mol. The second-order valence-electron chi connectivity index (χ2n) is 8.92. The number of benzene rings is 3. The number of anilines is 3. The van der Waals surface area contributed by atoms with Gasteiger partial charge in [0.05, 0.1) is 34.1 Å². The SMILES string of the molecule is [2H]C([2H])([2H])N(C)C/C=C/C(=O)Nc1cc2c(Nc3ccc(OCc4cccc(F)c4)c(Cl)c3)c(C#N)cnc2cc1OCC. The third kappa shape index (κ3) is 7.72. The molecule has 3 aromatic carbocycles. The van der Waals surface area contributed by atoms with E-state index in [0.717, 1.165) is 4.90 Å². The van der Waals surface area contributed by atoms with E-state index in [2.05, 4.69) is 21.7 Å². The highest BCUT2D eigenvalue weighted by molar-refractivity contribution is 6.32. The van der Waals surface area contributed by atoms with Crippen molar-refractivity contribution in [1.29, 1.82) is 5.26 Å². The van der Waals surface area contributed by atoms with Crippen LogP contribution in [0, 0.1) is 17.1 Å². The number of amides is 1. The molecule has 0 saturated carbocycles. The van der Waals surface area contributed by atoms with Crippen molar-refractivity contribution in [2.75, 3.05) is 37.8 Å². The second kappa shape index (κ2) is 13.6. The molecule has 0 bridgehead atoms. The topological polar surface area (TPSA) is 99.5 Å². The number of ether oxygens (including phenoxy) is 2. The fourth-order valence-electron chi connectivity index (χ4n) is 3.93. The Morgan fingerprint density at radius 2 is 2.07 bits per heavy atom. The number of nitriles is 1. The van der Waals surface area contributed by atoms with Crippen molar-refractivity contribution < 1.29 is 22.8 Å². The van der Waals surface area contributed by atoms with E-state index in [1.807, 2.05) is 0 Å². The highest BCUT2D eigenvalue weighted by Crippen LogP contribution is 2.37. The smallest absolute Gasteiger partial charge is 0.248 e. The van der Waals surface area contributed by atoms with Crippen molar-refractivity contribution in [2.45, 2.75) is 13.5 Å². The summed E-state index contributed by atoms with van der Waals surface area (Å²) in [4.78, 5) is 18.2. The van der Waals surface area contributed by atoms with Crippen LogP contribution in [0.1, 0.15) is 22.2 Å². The highest BCUT2D eigenvalue weighted by Gasteiger charge is 2.16. The van der Waals surface area contributed by atoms with E-state index in [1.54, 1.807) is 49.4 Å². The van der Waals surface area contributed by atoms with E-state index in [0.29, 0.717) is 56.7 Å². The minimum Gasteiger partial charge on any atom is -0.492 e. The van der Waals surface area contributed by atoms with Crippen LogP contribution in [0.5, 0.6) is 11.5 Å². The van der Waals surface area contributed by atoms with Gasteiger partial charge in [0.2, 0.25) is 5.91 Å². The highest BCUT2D eigenvalue weighted by atomic mass is 35.5. The van der Waals surface area contributed by atoms with E-state index < -0.39 is 12.9 Å². The van der Waals surface area contributed by atoms with Crippen molar-refractivity contribution in [3.8, 4) is 17.6 Å². The summed E-state index contributed by atoms with van der Waals surface area (Å²) in [5.74, 6) is -0.0943. The van der Waals surface area contributed by atoms with Crippen LogP contribution in [0.25, 0.3) is 10.9 Å². The van der Waals surface area contributed by atoms with Crippen LogP contribution in [0.4, 0.5) is 21.5 Å². The lowest BCUT2D eigenvalue weighted by molar-refractivity contribution is -0.111. The van der Waals surface area contributed by atoms with Crippen LogP contribution in [0.3, 0.4) is 0 Å². The molecule has 4 rings (SSSR count). The lowest BCUT2D eigenvalue weighted by atomic mass is 10.1. The first-order valence-electron chi connectivity index (χ1n) is 14.1. The maximum atomic E-state index is 13.5. The number of halogens is 2. The summed E-state index contributed by atoms with van der Waals surface area (Å²) in [6, 6.07) is 16.5. The molecule has 210 valence electrons. The summed E-state index contributed by atoms with van der Waals surface area (Å²) in [7, 11) is 1.43. The van der Waals surface area contributed by atoms with Gasteiger partial charge in [-0.1, -0.05) is 29.8 Å². The molecule has 8 nitrogen and oxygen atoms in total. The lowest BCUT2D eigenvalue weighted by Crippen LogP contribution is -2.13. The summed E-state index contributed by atoms with van der Waals surface area (Å²) in [5.41, 5.74) is 2.71. The van der Waals surface area contributed by atoms with E-state index in [9.17, 15) is 14.4 Å². The number of fused-ring (bicyclic) bond motifs is 1. The molecule has 0 atom stereocenters. The molecule has 0 aliphatic carbocycles. The van der Waals surface area contributed by atoms with Crippen LogP contribution < -0.4 is 20.1 Å². The van der Waals surface area contributed by atoms with E-state index >= 15 is 0 Å². The molecule has 2 N–H and O–H groups in total. The largest absolute Gasteiger partial charge is 0.492 e. The van der Waals surface area contributed by atoms with E-state index in [1.165, 1.54) is 37.5 Å². The standard InChI is InChI=1S/C31H29ClFN5O3/c1-4-40-29-16-26-24(15-27(29)37-30(39)9-6-12-38(2)3)31(21(17-34)18-35-26)36-23-10-11-28(25(32)14-23)41-19-20-7-5-8-22(33)13-20/h5-11,13-16,18H,4,12,19H2,1-3H3,(H,35,36)(H,37,39)/b9-6+/i2D3. The normalized spacial score (nSPS) is 12.4. The first-order chi connectivity index (χ1) is 21.0. The predicted molar refractivity (Wildman–Crippen MR) is 159 cm³/mol. The van der Waals surface area contributed by atoms with E-state index in [-0.39, 0.29) is 24.5 Å². The Morgan fingerprint density at radius 3 is 2.80 bits per heavy atom. The number of hydrogen-bond acceptors (Lipinski definition) is 7. The van der Waals surface area contributed by atoms with Gasteiger partial charge in [-0.05, 0) is 62.9 Å². The molecule has 0 unspecified atom stereocenters. The Morgan fingerprint density at radius 1 is 1.22 bits per heavy atom. The van der Waals surface area contributed by atoms with Gasteiger partial charge in [-0.15, -0.1) is 0 Å². The summed E-state index contributed by atoms with van der Waals surface area (Å²) in [6.07, 6.45) is 4.12. The zero-order valence-electron chi connectivity index (χ0n) is 25.4. The van der Waals surface area contributed by atoms with Gasteiger partial charge in [-0.2, -0.15) is 5.26 Å². The quantitative estimate of drug-likeness (QED) is 0.192. The van der Waals surface area contributed by atoms with Crippen LogP contribution in [0.2, 0.25) is 5.02 Å². The number of carbonyl (C=O) groups excluding carboxylic acids is 1. The number of nitrogens with one attached hydrogen (secondary N) is 2. The zero-order chi connectivity index (χ0) is 31.9. The number of pyridine rings is 1. The molecule has 1 aromatic heterocycles. The Bertz CT molecular complexity index is 1740. The zero-order valence-corrected chi connectivity index (χ0v) is 23.1. The molecule has 1 heterocycles. The number of rotatable bonds is 11. The average molecular weight is 577 g/mol. The Balaban J connectivity index is 1.61. The van der Waals surface area contributed by atoms with Gasteiger partial charge in [0.15, 0.2) is 0 Å². The Hall–Kier alpha value is -4.65. The molecule has 10 heteroatoms. The van der Waals surface area contributed by atoms with Gasteiger partial charge in [-0.25, -0.2) is 4.39 Å². The number of nitrogens with zero attached hydrogens (tertiary/aromatic N) is 3. The van der Waals surface area contributed by atoms with Crippen molar-refractivity contribution >= 4 is 45.5 Å². The number of hydrogen-bond donors (Lipinski definition) is 2. The minimum atomic E-state index is -2.28. The first-order valence-corrected chi connectivity index (χ1v) is 13.0. The summed E-state index contributed by atoms with van der Waals surface area (Å²) in [5, 5.41) is 16.7. The molecule has 0 saturated heterocycles. The number of likely N-dealkylation sites (N-methyl/N-ethyl adjacent to an activating group) is 1. The molecular formula is C31H29ClFN5O3. The molecule has 0 fully saturated rings. The average Bonchev–Trinajstić information content (AvgIpc) is 2.97. The molecule has 1 amide bonds.